The lowest BCUT2D eigenvalue weighted by atomic mass is 10.1. The number of thioether (sulfide) groups is 1. The van der Waals surface area contributed by atoms with Crippen LogP contribution in [0.2, 0.25) is 0 Å². The van der Waals surface area contributed by atoms with E-state index in [0.29, 0.717) is 19.6 Å². The summed E-state index contributed by atoms with van der Waals surface area (Å²) in [4.78, 5) is 12.0. The highest BCUT2D eigenvalue weighted by Crippen LogP contribution is 2.46. The minimum Gasteiger partial charge on any atom is -0.465 e. The van der Waals surface area contributed by atoms with Crippen molar-refractivity contribution in [1.82, 2.24) is 0 Å². The van der Waals surface area contributed by atoms with Crippen molar-refractivity contribution in [3.8, 4) is 0 Å². The summed E-state index contributed by atoms with van der Waals surface area (Å²) in [5.41, 5.74) is 1.09. The normalized spacial score (nSPS) is 22.6. The van der Waals surface area contributed by atoms with Crippen LogP contribution in [0, 0.1) is 0 Å². The first-order valence-corrected chi connectivity index (χ1v) is 8.66. The molecule has 0 radical (unpaired) electrons. The highest BCUT2D eigenvalue weighted by atomic mass is 32.2. The van der Waals surface area contributed by atoms with E-state index in [1.165, 1.54) is 7.11 Å². The first-order valence-electron chi connectivity index (χ1n) is 6.90. The summed E-state index contributed by atoms with van der Waals surface area (Å²) in [6, 6.07) is 2.03. The molecule has 21 heavy (non-hydrogen) atoms. The van der Waals surface area contributed by atoms with Gasteiger partial charge in [0, 0.05) is 25.7 Å². The Kier molecular flexibility index (Phi) is 6.50. The zero-order valence-electron chi connectivity index (χ0n) is 12.4. The second-order valence-electron chi connectivity index (χ2n) is 4.36. The van der Waals surface area contributed by atoms with Crippen molar-refractivity contribution < 1.29 is 23.7 Å². The quantitative estimate of drug-likeness (QED) is 0.564. The molecule has 0 aliphatic carbocycles. The smallest absolute Gasteiger partial charge is 0.319 e. The first kappa shape index (κ1) is 16.8. The molecule has 2 heterocycles. The van der Waals surface area contributed by atoms with Crippen molar-refractivity contribution in [2.75, 3.05) is 20.3 Å². The summed E-state index contributed by atoms with van der Waals surface area (Å²) >= 11 is 3.16. The van der Waals surface area contributed by atoms with Gasteiger partial charge in [0.2, 0.25) is 0 Å². The van der Waals surface area contributed by atoms with Crippen LogP contribution in [0.3, 0.4) is 0 Å². The van der Waals surface area contributed by atoms with E-state index in [2.05, 4.69) is 0 Å². The minimum absolute atomic E-state index is 0.194. The van der Waals surface area contributed by atoms with Gasteiger partial charge in [-0.1, -0.05) is 11.8 Å². The summed E-state index contributed by atoms with van der Waals surface area (Å²) < 4.78 is 22.6. The van der Waals surface area contributed by atoms with Gasteiger partial charge in [0.15, 0.2) is 0 Å². The predicted molar refractivity (Wildman–Crippen MR) is 81.5 cm³/mol. The molecule has 1 aromatic heterocycles. The number of hydrogen-bond acceptors (Lipinski definition) is 7. The molecule has 7 heteroatoms. The van der Waals surface area contributed by atoms with Gasteiger partial charge in [-0.05, 0) is 25.3 Å². The molecule has 3 atom stereocenters. The van der Waals surface area contributed by atoms with Crippen LogP contribution in [0.25, 0.3) is 0 Å². The molecule has 2 rings (SSSR count). The number of ether oxygens (including phenoxy) is 4. The molecule has 0 N–H and O–H groups in total. The summed E-state index contributed by atoms with van der Waals surface area (Å²) in [6.07, 6.45) is 0.332. The lowest BCUT2D eigenvalue weighted by Gasteiger charge is -2.30. The Morgan fingerprint density at radius 1 is 1.43 bits per heavy atom. The molecule has 0 amide bonds. The Bertz CT molecular complexity index is 462. The molecule has 1 aliphatic rings. The van der Waals surface area contributed by atoms with E-state index in [1.54, 1.807) is 23.1 Å². The fourth-order valence-electron chi connectivity index (χ4n) is 2.08. The van der Waals surface area contributed by atoms with Gasteiger partial charge in [-0.15, -0.1) is 11.3 Å². The topological polar surface area (TPSA) is 54.0 Å². The lowest BCUT2D eigenvalue weighted by Crippen LogP contribution is -2.30. The minimum atomic E-state index is -0.723. The highest BCUT2D eigenvalue weighted by molar-refractivity contribution is 8.02. The van der Waals surface area contributed by atoms with E-state index < -0.39 is 6.48 Å². The third-order valence-corrected chi connectivity index (χ3v) is 5.42. The molecule has 0 spiro atoms. The van der Waals surface area contributed by atoms with Crippen LogP contribution in [0.5, 0.6) is 0 Å². The van der Waals surface area contributed by atoms with E-state index in [4.69, 9.17) is 18.9 Å². The largest absolute Gasteiger partial charge is 0.465 e. The SMILES string of the molecule is CCOC(=O)C1CC(OC(OC)OCC)c2ccsc2S1. The van der Waals surface area contributed by atoms with Crippen molar-refractivity contribution in [2.45, 2.75) is 42.3 Å². The molecule has 0 saturated heterocycles. The average molecular weight is 332 g/mol. The molecule has 5 nitrogen and oxygen atoms in total. The van der Waals surface area contributed by atoms with Crippen LogP contribution >= 0.6 is 23.1 Å². The number of esters is 1. The maximum absolute atomic E-state index is 12.0. The Morgan fingerprint density at radius 2 is 2.24 bits per heavy atom. The number of rotatable bonds is 7. The van der Waals surface area contributed by atoms with Gasteiger partial charge in [0.1, 0.15) is 5.25 Å². The van der Waals surface area contributed by atoms with Crippen LogP contribution in [0.1, 0.15) is 31.9 Å². The van der Waals surface area contributed by atoms with Crippen molar-refractivity contribution in [2.24, 2.45) is 0 Å². The predicted octanol–water partition coefficient (Wildman–Crippen LogP) is 3.20. The van der Waals surface area contributed by atoms with Gasteiger partial charge in [0.05, 0.1) is 16.9 Å². The van der Waals surface area contributed by atoms with Gasteiger partial charge < -0.3 is 18.9 Å². The third kappa shape index (κ3) is 4.20. The number of thiophene rings is 1. The molecule has 118 valence electrons. The maximum Gasteiger partial charge on any atom is 0.319 e. The zero-order valence-corrected chi connectivity index (χ0v) is 14.0. The van der Waals surface area contributed by atoms with Crippen LogP contribution in [-0.4, -0.2) is 38.0 Å². The molecule has 1 aromatic rings. The molecule has 3 unspecified atom stereocenters. The van der Waals surface area contributed by atoms with Crippen molar-refractivity contribution in [1.29, 1.82) is 0 Å². The Labute approximate surface area is 132 Å². The number of methoxy groups -OCH3 is 1. The second kappa shape index (κ2) is 8.14. The Hall–Kier alpha value is -0.600. The average Bonchev–Trinajstić information content (AvgIpc) is 2.95. The Balaban J connectivity index is 2.10. The van der Waals surface area contributed by atoms with E-state index in [9.17, 15) is 4.79 Å². The van der Waals surface area contributed by atoms with Gasteiger partial charge in [-0.3, -0.25) is 4.79 Å². The molecular weight excluding hydrogens is 312 g/mol. The molecule has 0 saturated carbocycles. The number of hydrogen-bond donors (Lipinski definition) is 0. The number of carbonyl (C=O) groups is 1. The van der Waals surface area contributed by atoms with E-state index in [1.807, 2.05) is 25.3 Å². The first-order chi connectivity index (χ1) is 10.2. The summed E-state index contributed by atoms with van der Waals surface area (Å²) in [5.74, 6) is -0.194. The van der Waals surface area contributed by atoms with Gasteiger partial charge in [-0.25, -0.2) is 0 Å². The molecule has 0 bridgehead atoms. The standard InChI is InChI=1S/C14H20O5S2/c1-4-17-12(15)11-8-10(19-14(16-3)18-5-2)9-6-7-20-13(9)21-11/h6-7,10-11,14H,4-5,8H2,1-3H3. The van der Waals surface area contributed by atoms with E-state index >= 15 is 0 Å². The third-order valence-electron chi connectivity index (χ3n) is 3.00. The van der Waals surface area contributed by atoms with Crippen LogP contribution in [-0.2, 0) is 23.7 Å². The van der Waals surface area contributed by atoms with E-state index in [0.717, 1.165) is 9.77 Å². The zero-order chi connectivity index (χ0) is 15.2. The molecular formula is C14H20O5S2. The highest BCUT2D eigenvalue weighted by Gasteiger charge is 2.35. The molecule has 0 fully saturated rings. The number of carbonyl (C=O) groups excluding carboxylic acids is 1. The maximum atomic E-state index is 12.0. The van der Waals surface area contributed by atoms with Crippen molar-refractivity contribution in [3.63, 3.8) is 0 Å². The monoisotopic (exact) mass is 332 g/mol. The van der Waals surface area contributed by atoms with E-state index in [-0.39, 0.29) is 17.3 Å². The lowest BCUT2D eigenvalue weighted by molar-refractivity contribution is -0.295. The van der Waals surface area contributed by atoms with Crippen molar-refractivity contribution >= 4 is 29.1 Å². The fraction of sp³-hybridized carbons (Fsp3) is 0.643. The summed E-state index contributed by atoms with van der Waals surface area (Å²) in [7, 11) is 1.54. The van der Waals surface area contributed by atoms with Crippen LogP contribution in [0.4, 0.5) is 0 Å². The summed E-state index contributed by atoms with van der Waals surface area (Å²) in [6.45, 7) is 3.85. The fourth-order valence-corrected chi connectivity index (χ4v) is 4.52. The molecule has 1 aliphatic heterocycles. The van der Waals surface area contributed by atoms with Crippen LogP contribution < -0.4 is 0 Å². The Morgan fingerprint density at radius 3 is 2.90 bits per heavy atom. The number of fused-ring (bicyclic) bond motifs is 1. The van der Waals surface area contributed by atoms with Gasteiger partial charge in [-0.2, -0.15) is 0 Å². The molecule has 0 aromatic carbocycles. The van der Waals surface area contributed by atoms with Gasteiger partial charge >= 0.3 is 5.97 Å². The van der Waals surface area contributed by atoms with Gasteiger partial charge in [0.25, 0.3) is 6.48 Å². The second-order valence-corrected chi connectivity index (χ2v) is 6.75. The van der Waals surface area contributed by atoms with Crippen molar-refractivity contribution in [3.05, 3.63) is 17.0 Å². The van der Waals surface area contributed by atoms with Crippen LogP contribution in [0.15, 0.2) is 15.7 Å². The summed E-state index contributed by atoms with van der Waals surface area (Å²) in [5, 5.41) is 1.75.